The van der Waals surface area contributed by atoms with Crippen molar-refractivity contribution in [1.82, 2.24) is 4.90 Å². The van der Waals surface area contributed by atoms with Crippen LogP contribution >= 0.6 is 11.6 Å². The van der Waals surface area contributed by atoms with Crippen molar-refractivity contribution in [3.63, 3.8) is 0 Å². The van der Waals surface area contributed by atoms with E-state index in [9.17, 15) is 9.59 Å². The lowest BCUT2D eigenvalue weighted by Gasteiger charge is -2.36. The van der Waals surface area contributed by atoms with E-state index in [0.717, 1.165) is 35.6 Å². The highest BCUT2D eigenvalue weighted by atomic mass is 35.5. The minimum Gasteiger partial charge on any atom is -0.497 e. The average molecular weight is 550 g/mol. The number of nitrogens with one attached hydrogen (secondary N) is 1. The summed E-state index contributed by atoms with van der Waals surface area (Å²) in [5, 5.41) is 3.71. The number of ether oxygens (including phenoxy) is 2. The molecule has 1 saturated heterocycles. The maximum absolute atomic E-state index is 13.0. The van der Waals surface area contributed by atoms with Gasteiger partial charge < -0.3 is 24.6 Å². The number of halogens is 1. The van der Waals surface area contributed by atoms with Crippen LogP contribution in [0, 0.1) is 13.8 Å². The highest BCUT2D eigenvalue weighted by Crippen LogP contribution is 2.33. The number of benzene rings is 3. The molecule has 4 rings (SSSR count). The SMILES string of the molecule is COc1cc(Cl)c(CC(=O)N2CCN(c3ccc(CC(=O)CNc4ccc(C)cc4C)cc3)CC2)c(OC)c1. The Balaban J connectivity index is 1.27. The van der Waals surface area contributed by atoms with Crippen molar-refractivity contribution < 1.29 is 19.1 Å². The van der Waals surface area contributed by atoms with E-state index >= 15 is 0 Å². The van der Waals surface area contributed by atoms with E-state index in [4.69, 9.17) is 21.1 Å². The molecule has 39 heavy (non-hydrogen) atoms. The molecule has 3 aromatic rings. The van der Waals surface area contributed by atoms with Crippen LogP contribution in [0.2, 0.25) is 5.02 Å². The zero-order valence-electron chi connectivity index (χ0n) is 23.1. The first-order chi connectivity index (χ1) is 18.8. The average Bonchev–Trinajstić information content (AvgIpc) is 2.94. The molecule has 1 N–H and O–H groups in total. The molecule has 0 bridgehead atoms. The topological polar surface area (TPSA) is 71.1 Å². The fourth-order valence-electron chi connectivity index (χ4n) is 4.86. The van der Waals surface area contributed by atoms with E-state index in [-0.39, 0.29) is 18.1 Å². The monoisotopic (exact) mass is 549 g/mol. The van der Waals surface area contributed by atoms with Gasteiger partial charge in [-0.15, -0.1) is 0 Å². The maximum atomic E-state index is 13.0. The van der Waals surface area contributed by atoms with Crippen molar-refractivity contribution in [2.24, 2.45) is 0 Å². The van der Waals surface area contributed by atoms with E-state index in [1.54, 1.807) is 26.4 Å². The predicted molar refractivity (Wildman–Crippen MR) is 157 cm³/mol. The van der Waals surface area contributed by atoms with Crippen LogP contribution in [-0.2, 0) is 22.4 Å². The van der Waals surface area contributed by atoms with Crippen molar-refractivity contribution in [2.75, 3.05) is 57.2 Å². The number of piperazine rings is 1. The van der Waals surface area contributed by atoms with E-state index in [0.29, 0.717) is 48.1 Å². The molecule has 3 aromatic carbocycles. The second kappa shape index (κ2) is 12.9. The number of nitrogens with zero attached hydrogens (tertiary/aromatic N) is 2. The fourth-order valence-corrected chi connectivity index (χ4v) is 5.12. The predicted octanol–water partition coefficient (Wildman–Crippen LogP) is 5.09. The molecule has 0 aliphatic carbocycles. The van der Waals surface area contributed by atoms with Gasteiger partial charge in [-0.1, -0.05) is 41.4 Å². The highest BCUT2D eigenvalue weighted by molar-refractivity contribution is 6.32. The quantitative estimate of drug-likeness (QED) is 0.380. The summed E-state index contributed by atoms with van der Waals surface area (Å²) in [6.07, 6.45) is 0.560. The molecule has 1 aliphatic heterocycles. The van der Waals surface area contributed by atoms with Crippen LogP contribution in [0.4, 0.5) is 11.4 Å². The Hall–Kier alpha value is -3.71. The molecule has 0 atom stereocenters. The Labute approximate surface area is 235 Å². The molecule has 7 nitrogen and oxygen atoms in total. The fraction of sp³-hybridized carbons (Fsp3) is 0.355. The lowest BCUT2D eigenvalue weighted by molar-refractivity contribution is -0.130. The zero-order chi connectivity index (χ0) is 27.9. The number of rotatable bonds is 10. The van der Waals surface area contributed by atoms with Crippen molar-refractivity contribution in [3.05, 3.63) is 81.9 Å². The second-order valence-electron chi connectivity index (χ2n) is 9.89. The van der Waals surface area contributed by atoms with Gasteiger partial charge in [0.25, 0.3) is 0 Å². The van der Waals surface area contributed by atoms with E-state index < -0.39 is 0 Å². The minimum atomic E-state index is 0.0170. The Bertz CT molecular complexity index is 1320. The second-order valence-corrected chi connectivity index (χ2v) is 10.3. The molecule has 0 aromatic heterocycles. The molecule has 0 saturated carbocycles. The van der Waals surface area contributed by atoms with Gasteiger partial charge in [-0.05, 0) is 49.2 Å². The Morgan fingerprint density at radius 2 is 1.62 bits per heavy atom. The van der Waals surface area contributed by atoms with Crippen molar-refractivity contribution in [3.8, 4) is 11.5 Å². The summed E-state index contributed by atoms with van der Waals surface area (Å²) in [7, 11) is 3.12. The number of ketones is 1. The molecule has 206 valence electrons. The van der Waals surface area contributed by atoms with Gasteiger partial charge in [-0.3, -0.25) is 9.59 Å². The number of hydrogen-bond acceptors (Lipinski definition) is 6. The molecular formula is C31H36ClN3O4. The van der Waals surface area contributed by atoms with Crippen molar-refractivity contribution in [1.29, 1.82) is 0 Å². The van der Waals surface area contributed by atoms with Gasteiger partial charge in [-0.25, -0.2) is 0 Å². The van der Waals surface area contributed by atoms with Gasteiger partial charge in [0.2, 0.25) is 5.91 Å². The lowest BCUT2D eigenvalue weighted by Crippen LogP contribution is -2.49. The summed E-state index contributed by atoms with van der Waals surface area (Å²) in [4.78, 5) is 29.7. The summed E-state index contributed by atoms with van der Waals surface area (Å²) in [5.74, 6) is 1.30. The van der Waals surface area contributed by atoms with Gasteiger partial charge in [-0.2, -0.15) is 0 Å². The molecule has 1 amide bonds. The summed E-state index contributed by atoms with van der Waals surface area (Å²) in [6.45, 7) is 7.12. The van der Waals surface area contributed by atoms with E-state index in [1.165, 1.54) is 5.56 Å². The zero-order valence-corrected chi connectivity index (χ0v) is 23.8. The van der Waals surface area contributed by atoms with Gasteiger partial charge in [0.1, 0.15) is 11.5 Å². The largest absolute Gasteiger partial charge is 0.497 e. The first kappa shape index (κ1) is 28.3. The standard InChI is InChI=1S/C31H36ClN3O4/c1-21-5-10-29(22(2)15-21)33-20-25(36)16-23-6-8-24(9-7-23)34-11-13-35(14-12-34)31(37)19-27-28(32)17-26(38-3)18-30(27)39-4/h5-10,15,17-18,33H,11-14,16,19-20H2,1-4H3. The third-order valence-corrected chi connectivity index (χ3v) is 7.44. The summed E-state index contributed by atoms with van der Waals surface area (Å²) in [6, 6.07) is 17.7. The molecule has 0 radical (unpaired) electrons. The first-order valence-electron chi connectivity index (χ1n) is 13.1. The van der Waals surface area contributed by atoms with Crippen molar-refractivity contribution in [2.45, 2.75) is 26.7 Å². The number of Topliss-reactive ketones (excluding diaryl/α,β-unsaturated/α-hetero) is 1. The molecule has 1 fully saturated rings. The normalized spacial score (nSPS) is 13.3. The Kier molecular flexibility index (Phi) is 9.36. The number of aryl methyl sites for hydroxylation is 2. The van der Waals surface area contributed by atoms with Crippen LogP contribution in [-0.4, -0.2) is 63.5 Å². The van der Waals surface area contributed by atoms with Crippen LogP contribution < -0.4 is 19.7 Å². The van der Waals surface area contributed by atoms with Gasteiger partial charge in [0, 0.05) is 55.6 Å². The summed E-state index contributed by atoms with van der Waals surface area (Å²) in [5.41, 5.74) is 6.08. The van der Waals surface area contributed by atoms with Gasteiger partial charge in [0.05, 0.1) is 32.2 Å². The molecule has 0 spiro atoms. The molecule has 8 heteroatoms. The number of hydrogen-bond donors (Lipinski definition) is 1. The maximum Gasteiger partial charge on any atom is 0.227 e. The van der Waals surface area contributed by atoms with Crippen LogP contribution in [0.3, 0.4) is 0 Å². The molecule has 1 heterocycles. The lowest BCUT2D eigenvalue weighted by atomic mass is 10.1. The molecule has 1 aliphatic rings. The van der Waals surface area contributed by atoms with E-state index in [1.807, 2.05) is 36.1 Å². The first-order valence-corrected chi connectivity index (χ1v) is 13.5. The van der Waals surface area contributed by atoms with Crippen molar-refractivity contribution >= 4 is 34.7 Å². The number of carbonyl (C=O) groups excluding carboxylic acids is 2. The molecule has 0 unspecified atom stereocenters. The van der Waals surface area contributed by atoms with Crippen LogP contribution in [0.15, 0.2) is 54.6 Å². The van der Waals surface area contributed by atoms with Crippen LogP contribution in [0.25, 0.3) is 0 Å². The number of carbonyl (C=O) groups is 2. The van der Waals surface area contributed by atoms with E-state index in [2.05, 4.69) is 35.3 Å². The van der Waals surface area contributed by atoms with Gasteiger partial charge in [0.15, 0.2) is 5.78 Å². The third-order valence-electron chi connectivity index (χ3n) is 7.10. The number of anilines is 2. The smallest absolute Gasteiger partial charge is 0.227 e. The number of methoxy groups -OCH3 is 2. The van der Waals surface area contributed by atoms with Crippen LogP contribution in [0.5, 0.6) is 11.5 Å². The minimum absolute atomic E-state index is 0.0170. The number of amides is 1. The van der Waals surface area contributed by atoms with Gasteiger partial charge >= 0.3 is 0 Å². The highest BCUT2D eigenvalue weighted by Gasteiger charge is 2.24. The summed E-state index contributed by atoms with van der Waals surface area (Å²) >= 11 is 6.42. The third kappa shape index (κ3) is 7.24. The summed E-state index contributed by atoms with van der Waals surface area (Å²) < 4.78 is 10.7. The van der Waals surface area contributed by atoms with Crippen LogP contribution in [0.1, 0.15) is 22.3 Å². The molecular weight excluding hydrogens is 514 g/mol. The Morgan fingerprint density at radius 3 is 2.26 bits per heavy atom. The Morgan fingerprint density at radius 1 is 0.897 bits per heavy atom.